The highest BCUT2D eigenvalue weighted by atomic mass is 35.5. The Kier molecular flexibility index (Phi) is 5.54. The first-order valence-corrected chi connectivity index (χ1v) is 6.10. The zero-order valence-electron chi connectivity index (χ0n) is 10.5. The van der Waals surface area contributed by atoms with Gasteiger partial charge in [-0.05, 0) is 32.0 Å². The molecule has 3 nitrogen and oxygen atoms in total. The second-order valence-corrected chi connectivity index (χ2v) is 4.21. The van der Waals surface area contributed by atoms with Crippen molar-refractivity contribution < 1.29 is 9.53 Å². The van der Waals surface area contributed by atoms with Crippen LogP contribution in [0.3, 0.4) is 0 Å². The molecule has 4 heteroatoms. The van der Waals surface area contributed by atoms with Gasteiger partial charge in [-0.2, -0.15) is 0 Å². The number of amides is 1. The van der Waals surface area contributed by atoms with Crippen LogP contribution in [0.1, 0.15) is 13.8 Å². The lowest BCUT2D eigenvalue weighted by molar-refractivity contribution is -0.137. The third-order valence-corrected chi connectivity index (χ3v) is 2.67. The molecule has 1 unspecified atom stereocenters. The summed E-state index contributed by atoms with van der Waals surface area (Å²) in [7, 11) is 0. The fourth-order valence-electron chi connectivity index (χ4n) is 1.51. The van der Waals surface area contributed by atoms with Crippen molar-refractivity contribution in [2.24, 2.45) is 0 Å². The molecule has 0 aliphatic heterocycles. The van der Waals surface area contributed by atoms with Crippen molar-refractivity contribution in [2.75, 3.05) is 13.1 Å². The summed E-state index contributed by atoms with van der Waals surface area (Å²) in [5, 5.41) is 0.572. The zero-order valence-corrected chi connectivity index (χ0v) is 11.3. The first kappa shape index (κ1) is 14.4. The van der Waals surface area contributed by atoms with E-state index in [1.807, 2.05) is 6.92 Å². The standard InChI is InChI=1S/C14H16ClNO2/c1-4-9-16(5-2)14(17)11(3)18-13-8-6-7-12(15)10-13/h1,6-8,10-11H,5,9H2,2-3H3. The van der Waals surface area contributed by atoms with Crippen LogP contribution in [0.2, 0.25) is 5.02 Å². The molecule has 0 saturated carbocycles. The fraction of sp³-hybridized carbons (Fsp3) is 0.357. The first-order chi connectivity index (χ1) is 8.58. The molecule has 0 aliphatic carbocycles. The number of carbonyl (C=O) groups is 1. The molecule has 18 heavy (non-hydrogen) atoms. The third kappa shape index (κ3) is 3.97. The summed E-state index contributed by atoms with van der Waals surface area (Å²) in [5.41, 5.74) is 0. The highest BCUT2D eigenvalue weighted by Crippen LogP contribution is 2.18. The average molecular weight is 266 g/mol. The van der Waals surface area contributed by atoms with Crippen LogP contribution < -0.4 is 4.74 Å². The zero-order chi connectivity index (χ0) is 13.5. The molecule has 1 rings (SSSR count). The van der Waals surface area contributed by atoms with Gasteiger partial charge in [-0.25, -0.2) is 0 Å². The molecule has 0 bridgehead atoms. The van der Waals surface area contributed by atoms with Gasteiger partial charge in [-0.3, -0.25) is 4.79 Å². The van der Waals surface area contributed by atoms with Gasteiger partial charge in [0.15, 0.2) is 6.10 Å². The molecule has 1 atom stereocenters. The molecule has 0 N–H and O–H groups in total. The van der Waals surface area contributed by atoms with E-state index in [0.29, 0.717) is 23.9 Å². The van der Waals surface area contributed by atoms with Crippen LogP contribution in [0.15, 0.2) is 24.3 Å². The van der Waals surface area contributed by atoms with Gasteiger partial charge >= 0.3 is 0 Å². The van der Waals surface area contributed by atoms with E-state index in [1.54, 1.807) is 36.1 Å². The number of nitrogens with zero attached hydrogens (tertiary/aromatic N) is 1. The Labute approximate surface area is 113 Å². The lowest BCUT2D eigenvalue weighted by atomic mass is 10.3. The smallest absolute Gasteiger partial charge is 0.264 e. The van der Waals surface area contributed by atoms with Gasteiger partial charge in [0, 0.05) is 11.6 Å². The van der Waals surface area contributed by atoms with Crippen molar-refractivity contribution >= 4 is 17.5 Å². The highest BCUT2D eigenvalue weighted by Gasteiger charge is 2.20. The molecule has 0 saturated heterocycles. The number of terminal acetylenes is 1. The molecule has 0 radical (unpaired) electrons. The van der Waals surface area contributed by atoms with Crippen molar-refractivity contribution in [3.05, 3.63) is 29.3 Å². The van der Waals surface area contributed by atoms with Crippen LogP contribution in [0.4, 0.5) is 0 Å². The lowest BCUT2D eigenvalue weighted by Gasteiger charge is -2.22. The van der Waals surface area contributed by atoms with E-state index in [0.717, 1.165) is 0 Å². The predicted molar refractivity (Wildman–Crippen MR) is 72.6 cm³/mol. The van der Waals surface area contributed by atoms with E-state index >= 15 is 0 Å². The molecule has 1 amide bonds. The summed E-state index contributed by atoms with van der Waals surface area (Å²) >= 11 is 5.85. The van der Waals surface area contributed by atoms with Gasteiger partial charge in [-0.1, -0.05) is 23.6 Å². The normalized spacial score (nSPS) is 11.4. The molecule has 0 fully saturated rings. The topological polar surface area (TPSA) is 29.5 Å². The largest absolute Gasteiger partial charge is 0.481 e. The lowest BCUT2D eigenvalue weighted by Crippen LogP contribution is -2.40. The Morgan fingerprint density at radius 3 is 2.89 bits per heavy atom. The SMILES string of the molecule is C#CCN(CC)C(=O)C(C)Oc1cccc(Cl)c1. The van der Waals surface area contributed by atoms with E-state index in [2.05, 4.69) is 5.92 Å². The van der Waals surface area contributed by atoms with E-state index in [-0.39, 0.29) is 5.91 Å². The third-order valence-electron chi connectivity index (χ3n) is 2.43. The van der Waals surface area contributed by atoms with E-state index in [4.69, 9.17) is 22.8 Å². The summed E-state index contributed by atoms with van der Waals surface area (Å²) < 4.78 is 5.54. The van der Waals surface area contributed by atoms with Crippen molar-refractivity contribution in [3.8, 4) is 18.1 Å². The number of hydrogen-bond donors (Lipinski definition) is 0. The highest BCUT2D eigenvalue weighted by molar-refractivity contribution is 6.30. The van der Waals surface area contributed by atoms with Crippen LogP contribution >= 0.6 is 11.6 Å². The summed E-state index contributed by atoms with van der Waals surface area (Å²) in [4.78, 5) is 13.6. The molecule has 96 valence electrons. The Hall–Kier alpha value is -1.66. The Morgan fingerprint density at radius 2 is 2.33 bits per heavy atom. The van der Waals surface area contributed by atoms with Crippen LogP contribution in [0.5, 0.6) is 5.75 Å². The predicted octanol–water partition coefficient (Wildman–Crippen LogP) is 2.59. The van der Waals surface area contributed by atoms with Crippen molar-refractivity contribution in [3.63, 3.8) is 0 Å². The monoisotopic (exact) mass is 265 g/mol. The maximum absolute atomic E-state index is 12.0. The van der Waals surface area contributed by atoms with Gasteiger partial charge in [0.1, 0.15) is 5.75 Å². The van der Waals surface area contributed by atoms with Crippen LogP contribution in [-0.2, 0) is 4.79 Å². The maximum atomic E-state index is 12.0. The number of benzene rings is 1. The van der Waals surface area contributed by atoms with Gasteiger partial charge in [0.25, 0.3) is 5.91 Å². The molecule has 1 aromatic carbocycles. The van der Waals surface area contributed by atoms with Gasteiger partial charge in [0.05, 0.1) is 6.54 Å². The minimum Gasteiger partial charge on any atom is -0.481 e. The van der Waals surface area contributed by atoms with Gasteiger partial charge in [0.2, 0.25) is 0 Å². The Balaban J connectivity index is 2.67. The summed E-state index contributed by atoms with van der Waals surface area (Å²) in [6.45, 7) is 4.43. The Morgan fingerprint density at radius 1 is 1.61 bits per heavy atom. The molecule has 0 spiro atoms. The van der Waals surface area contributed by atoms with Gasteiger partial charge < -0.3 is 9.64 Å². The number of ether oxygens (including phenoxy) is 1. The van der Waals surface area contributed by atoms with Crippen LogP contribution in [-0.4, -0.2) is 30.0 Å². The number of hydrogen-bond acceptors (Lipinski definition) is 2. The second kappa shape index (κ2) is 6.93. The fourth-order valence-corrected chi connectivity index (χ4v) is 1.69. The van der Waals surface area contributed by atoms with Crippen molar-refractivity contribution in [1.29, 1.82) is 0 Å². The first-order valence-electron chi connectivity index (χ1n) is 5.73. The molecule has 0 aliphatic rings. The number of halogens is 1. The summed E-state index contributed by atoms with van der Waals surface area (Å²) in [6, 6.07) is 6.95. The van der Waals surface area contributed by atoms with Gasteiger partial charge in [-0.15, -0.1) is 6.42 Å². The minimum absolute atomic E-state index is 0.129. The summed E-state index contributed by atoms with van der Waals surface area (Å²) in [6.07, 6.45) is 4.63. The van der Waals surface area contributed by atoms with E-state index in [9.17, 15) is 4.79 Å². The quantitative estimate of drug-likeness (QED) is 0.766. The molecular weight excluding hydrogens is 250 g/mol. The average Bonchev–Trinajstić information content (AvgIpc) is 2.35. The Bertz CT molecular complexity index is 453. The minimum atomic E-state index is -0.586. The van der Waals surface area contributed by atoms with Crippen molar-refractivity contribution in [2.45, 2.75) is 20.0 Å². The molecule has 1 aromatic rings. The van der Waals surface area contributed by atoms with Crippen molar-refractivity contribution in [1.82, 2.24) is 4.90 Å². The second-order valence-electron chi connectivity index (χ2n) is 3.77. The molecule has 0 heterocycles. The molecule has 0 aromatic heterocycles. The summed E-state index contributed by atoms with van der Waals surface area (Å²) in [5.74, 6) is 2.90. The van der Waals surface area contributed by atoms with E-state index < -0.39 is 6.10 Å². The van der Waals surface area contributed by atoms with Crippen LogP contribution in [0, 0.1) is 12.3 Å². The number of likely N-dealkylation sites (N-methyl/N-ethyl adjacent to an activating group) is 1. The number of carbonyl (C=O) groups excluding carboxylic acids is 1. The van der Waals surface area contributed by atoms with Crippen LogP contribution in [0.25, 0.3) is 0 Å². The molecular formula is C14H16ClNO2. The van der Waals surface area contributed by atoms with E-state index in [1.165, 1.54) is 0 Å². The number of rotatable bonds is 5. The maximum Gasteiger partial charge on any atom is 0.264 e.